The zero-order valence-electron chi connectivity index (χ0n) is 19.7. The van der Waals surface area contributed by atoms with Gasteiger partial charge >= 0.3 is 0 Å². The highest BCUT2D eigenvalue weighted by Gasteiger charge is 2.51. The summed E-state index contributed by atoms with van der Waals surface area (Å²) in [5.74, 6) is 1.36. The number of fused-ring (bicyclic) bond motifs is 5. The predicted octanol–water partition coefficient (Wildman–Crippen LogP) is 3.61. The highest BCUT2D eigenvalue weighted by molar-refractivity contribution is 6.10. The van der Waals surface area contributed by atoms with Crippen molar-refractivity contribution in [2.24, 2.45) is 11.8 Å². The van der Waals surface area contributed by atoms with E-state index in [1.54, 1.807) is 4.90 Å². The zero-order chi connectivity index (χ0) is 23.4. The van der Waals surface area contributed by atoms with E-state index in [1.165, 1.54) is 0 Å². The number of rotatable bonds is 2. The highest BCUT2D eigenvalue weighted by Crippen LogP contribution is 2.52. The van der Waals surface area contributed by atoms with Crippen molar-refractivity contribution in [2.45, 2.75) is 44.5 Å². The number of hydrogen-bond donors (Lipinski definition) is 1. The van der Waals surface area contributed by atoms with E-state index in [1.807, 2.05) is 36.4 Å². The van der Waals surface area contributed by atoms with E-state index >= 15 is 0 Å². The van der Waals surface area contributed by atoms with Crippen LogP contribution >= 0.6 is 0 Å². The van der Waals surface area contributed by atoms with Crippen LogP contribution in [0, 0.1) is 11.8 Å². The summed E-state index contributed by atoms with van der Waals surface area (Å²) in [5.41, 5.74) is 2.31. The molecule has 2 fully saturated rings. The van der Waals surface area contributed by atoms with Crippen LogP contribution in [0.15, 0.2) is 48.5 Å². The van der Waals surface area contributed by atoms with E-state index in [0.717, 1.165) is 42.9 Å². The molecule has 7 nitrogen and oxygen atoms in total. The minimum atomic E-state index is -0.313. The summed E-state index contributed by atoms with van der Waals surface area (Å²) in [6.07, 6.45) is 2.16. The Bertz CT molecular complexity index is 1130. The Hall–Kier alpha value is -2.90. The van der Waals surface area contributed by atoms with Gasteiger partial charge in [-0.15, -0.1) is 0 Å². The number of carbonyl (C=O) groups excluding carboxylic acids is 2. The summed E-state index contributed by atoms with van der Waals surface area (Å²) in [4.78, 5) is 29.3. The van der Waals surface area contributed by atoms with Crippen LogP contribution < -0.4 is 15.0 Å². The third-order valence-electron chi connectivity index (χ3n) is 7.91. The quantitative estimate of drug-likeness (QED) is 0.740. The Morgan fingerprint density at radius 1 is 1.15 bits per heavy atom. The number of nitrogens with one attached hydrogen (secondary N) is 1. The smallest absolute Gasteiger partial charge is 0.244 e. The number of para-hydroxylation sites is 3. The van der Waals surface area contributed by atoms with Gasteiger partial charge in [0, 0.05) is 24.6 Å². The lowest BCUT2D eigenvalue weighted by Gasteiger charge is -2.53. The fourth-order valence-electron chi connectivity index (χ4n) is 6.21. The molecule has 0 aliphatic carbocycles. The first kappa shape index (κ1) is 21.6. The predicted molar refractivity (Wildman–Crippen MR) is 129 cm³/mol. The minimum Gasteiger partial charge on any atom is -0.487 e. The lowest BCUT2D eigenvalue weighted by Crippen LogP contribution is -2.56. The number of ether oxygens (including phenoxy) is 2. The first-order chi connectivity index (χ1) is 16.4. The largest absolute Gasteiger partial charge is 0.487 e. The van der Waals surface area contributed by atoms with Crippen LogP contribution in [0.3, 0.4) is 0 Å². The number of anilines is 2. The first-order valence-electron chi connectivity index (χ1n) is 12.2. The van der Waals surface area contributed by atoms with E-state index in [9.17, 15) is 9.59 Å². The van der Waals surface area contributed by atoms with Crippen molar-refractivity contribution in [3.8, 4) is 5.75 Å². The Morgan fingerprint density at radius 3 is 2.82 bits per heavy atom. The fourth-order valence-corrected chi connectivity index (χ4v) is 6.21. The number of carbonyl (C=O) groups is 2. The number of benzene rings is 2. The molecule has 1 N–H and O–H groups in total. The Labute approximate surface area is 200 Å². The van der Waals surface area contributed by atoms with Gasteiger partial charge in [-0.3, -0.25) is 19.4 Å². The molecule has 2 aromatic carbocycles. The van der Waals surface area contributed by atoms with Gasteiger partial charge < -0.3 is 14.8 Å². The zero-order valence-corrected chi connectivity index (χ0v) is 19.7. The molecule has 0 unspecified atom stereocenters. The molecule has 0 radical (unpaired) electrons. The van der Waals surface area contributed by atoms with Gasteiger partial charge in [0.05, 0.1) is 30.1 Å². The van der Waals surface area contributed by atoms with Crippen LogP contribution in [0.1, 0.15) is 38.4 Å². The maximum Gasteiger partial charge on any atom is 0.244 e. The van der Waals surface area contributed by atoms with Crippen LogP contribution in [-0.2, 0) is 14.3 Å². The van der Waals surface area contributed by atoms with Crippen molar-refractivity contribution in [1.29, 1.82) is 0 Å². The van der Waals surface area contributed by atoms with Gasteiger partial charge in [-0.2, -0.15) is 0 Å². The third kappa shape index (κ3) is 3.67. The topological polar surface area (TPSA) is 71.1 Å². The van der Waals surface area contributed by atoms with Crippen molar-refractivity contribution in [2.75, 3.05) is 36.4 Å². The molecule has 4 heterocycles. The number of piperidine rings is 1. The molecule has 0 saturated carbocycles. The van der Waals surface area contributed by atoms with Gasteiger partial charge in [0.25, 0.3) is 0 Å². The second-order valence-electron chi connectivity index (χ2n) is 10.5. The van der Waals surface area contributed by atoms with E-state index in [2.05, 4.69) is 36.2 Å². The molecule has 0 aromatic heterocycles. The number of nitrogens with zero attached hydrogens (tertiary/aromatic N) is 2. The molecule has 6 rings (SSSR count). The third-order valence-corrected chi connectivity index (χ3v) is 7.91. The number of amides is 2. The van der Waals surface area contributed by atoms with Crippen LogP contribution in [0.5, 0.6) is 5.75 Å². The maximum absolute atomic E-state index is 13.3. The van der Waals surface area contributed by atoms with Gasteiger partial charge in [0.2, 0.25) is 11.8 Å². The van der Waals surface area contributed by atoms with Crippen LogP contribution in [0.4, 0.5) is 11.4 Å². The molecule has 2 saturated heterocycles. The normalized spacial score (nSPS) is 29.6. The minimum absolute atomic E-state index is 0.0365. The summed E-state index contributed by atoms with van der Waals surface area (Å²) in [6, 6.07) is 15.7. The summed E-state index contributed by atoms with van der Waals surface area (Å²) in [6.45, 7) is 6.32. The molecule has 4 aliphatic rings. The molecule has 4 aliphatic heterocycles. The summed E-state index contributed by atoms with van der Waals surface area (Å²) >= 11 is 0. The maximum atomic E-state index is 13.3. The van der Waals surface area contributed by atoms with Crippen molar-refractivity contribution in [3.05, 3.63) is 54.1 Å². The van der Waals surface area contributed by atoms with Crippen molar-refractivity contribution >= 4 is 23.2 Å². The lowest BCUT2D eigenvalue weighted by molar-refractivity contribution is -0.187. The first-order valence-corrected chi connectivity index (χ1v) is 12.2. The summed E-state index contributed by atoms with van der Waals surface area (Å²) < 4.78 is 13.1. The van der Waals surface area contributed by atoms with E-state index in [4.69, 9.17) is 9.47 Å². The van der Waals surface area contributed by atoms with Gasteiger partial charge in [-0.25, -0.2) is 0 Å². The molecule has 178 valence electrons. The van der Waals surface area contributed by atoms with Gasteiger partial charge in [0.1, 0.15) is 17.9 Å². The molecule has 2 amide bonds. The molecule has 2 aromatic rings. The van der Waals surface area contributed by atoms with Crippen LogP contribution in [0.2, 0.25) is 0 Å². The molecule has 7 heteroatoms. The fraction of sp³-hybridized carbons (Fsp3) is 0.481. The average Bonchev–Trinajstić information content (AvgIpc) is 2.82. The van der Waals surface area contributed by atoms with Crippen molar-refractivity contribution in [3.63, 3.8) is 0 Å². The van der Waals surface area contributed by atoms with E-state index in [0.29, 0.717) is 18.2 Å². The molecular formula is C27H31N3O4. The van der Waals surface area contributed by atoms with Gasteiger partial charge in [0.15, 0.2) is 0 Å². The second kappa shape index (κ2) is 8.10. The molecular weight excluding hydrogens is 430 g/mol. The molecule has 0 spiro atoms. The summed E-state index contributed by atoms with van der Waals surface area (Å²) in [5, 5.41) is 2.85. The van der Waals surface area contributed by atoms with Gasteiger partial charge in [-0.1, -0.05) is 30.3 Å². The van der Waals surface area contributed by atoms with Crippen molar-refractivity contribution in [1.82, 2.24) is 4.90 Å². The van der Waals surface area contributed by atoms with E-state index < -0.39 is 0 Å². The lowest BCUT2D eigenvalue weighted by atomic mass is 9.70. The van der Waals surface area contributed by atoms with Crippen LogP contribution in [0.25, 0.3) is 0 Å². The Kier molecular flexibility index (Phi) is 5.15. The van der Waals surface area contributed by atoms with Crippen LogP contribution in [-0.4, -0.2) is 54.6 Å². The van der Waals surface area contributed by atoms with E-state index in [-0.39, 0.29) is 42.1 Å². The number of hydrogen-bond acceptors (Lipinski definition) is 5. The average molecular weight is 462 g/mol. The Balaban J connectivity index is 1.16. The highest BCUT2D eigenvalue weighted by atomic mass is 16.5. The monoisotopic (exact) mass is 461 g/mol. The molecule has 34 heavy (non-hydrogen) atoms. The standard InChI is InChI=1S/C27H31N3O4/c1-27(2)19-13-17-14-29(12-11-22(17)33-26(19)18-7-3-6-10-23(18)34-27)16-25(32)30-15-24(31)28-20-8-4-5-9-21(20)30/h3-10,17,19,22,26H,11-16H2,1-2H3,(H,28,31)/t17-,19-,22-,26+/m1/s1. The Morgan fingerprint density at radius 2 is 1.94 bits per heavy atom. The SMILES string of the molecule is CC1(C)Oc2ccccc2[C@@H]2O[C@@H]3CCN(CC(=O)N4CC(=O)Nc5ccccc54)C[C@H]3C[C@H]21. The number of likely N-dealkylation sites (tertiary alicyclic amines) is 1. The van der Waals surface area contributed by atoms with Gasteiger partial charge in [-0.05, 0) is 50.8 Å². The molecule has 0 bridgehead atoms. The second-order valence-corrected chi connectivity index (χ2v) is 10.5. The molecule has 4 atom stereocenters. The summed E-state index contributed by atoms with van der Waals surface area (Å²) in [7, 11) is 0. The van der Waals surface area contributed by atoms with Crippen molar-refractivity contribution < 1.29 is 19.1 Å².